The highest BCUT2D eigenvalue weighted by Crippen LogP contribution is 2.23. The van der Waals surface area contributed by atoms with E-state index in [9.17, 15) is 17.6 Å². The zero-order chi connectivity index (χ0) is 24.9. The lowest BCUT2D eigenvalue weighted by atomic mass is 9.98. The Hall–Kier alpha value is -2.99. The fourth-order valence-corrected chi connectivity index (χ4v) is 3.95. The summed E-state index contributed by atoms with van der Waals surface area (Å²) in [6.45, 7) is 7.21. The predicted octanol–water partition coefficient (Wildman–Crippen LogP) is 3.75. The molecule has 1 aromatic carbocycles. The number of carbonyl (C=O) groups excluding carboxylic acids is 1. The molecule has 1 aromatic heterocycles. The van der Waals surface area contributed by atoms with Crippen molar-refractivity contribution in [1.29, 1.82) is 0 Å². The van der Waals surface area contributed by atoms with Gasteiger partial charge in [0.05, 0.1) is 10.6 Å². The number of nitrogens with zero attached hydrogens (tertiary/aromatic N) is 3. The Balaban J connectivity index is 1.49. The van der Waals surface area contributed by atoms with Crippen molar-refractivity contribution in [3.8, 4) is 0 Å². The van der Waals surface area contributed by atoms with Gasteiger partial charge in [-0.2, -0.15) is 0 Å². The van der Waals surface area contributed by atoms with Crippen molar-refractivity contribution >= 4 is 33.3 Å². The maximum atomic E-state index is 14.3. The normalized spacial score (nSPS) is 15.6. The van der Waals surface area contributed by atoms with Crippen LogP contribution < -0.4 is 10.6 Å². The molecular weight excluding hydrogens is 465 g/mol. The van der Waals surface area contributed by atoms with Crippen LogP contribution in [0.25, 0.3) is 0 Å². The zero-order valence-corrected chi connectivity index (χ0v) is 20.5. The third kappa shape index (κ3) is 7.80. The van der Waals surface area contributed by atoms with Gasteiger partial charge in [0.2, 0.25) is 0 Å². The minimum Gasteiger partial charge on any atom is -0.427 e. The van der Waals surface area contributed by atoms with Gasteiger partial charge in [0.1, 0.15) is 29.4 Å². The smallest absolute Gasteiger partial charge is 0.427 e. The largest absolute Gasteiger partial charge is 0.528 e. The molecule has 1 aliphatic heterocycles. The van der Waals surface area contributed by atoms with Crippen LogP contribution in [0.1, 0.15) is 33.6 Å². The first-order valence-electron chi connectivity index (χ1n) is 10.9. The van der Waals surface area contributed by atoms with Crippen LogP contribution in [0.4, 0.5) is 26.5 Å². The molecule has 3 rings (SSSR count). The van der Waals surface area contributed by atoms with Gasteiger partial charge in [-0.05, 0) is 57.7 Å². The van der Waals surface area contributed by atoms with E-state index in [0.29, 0.717) is 37.2 Å². The molecule has 0 bridgehead atoms. The predicted molar refractivity (Wildman–Crippen MR) is 125 cm³/mol. The van der Waals surface area contributed by atoms with Gasteiger partial charge < -0.3 is 20.2 Å². The minimum atomic E-state index is -3.49. The number of anilines is 3. The molecule has 10 nitrogen and oxygen atoms in total. The third-order valence-electron chi connectivity index (χ3n) is 5.04. The molecule has 1 fully saturated rings. The van der Waals surface area contributed by atoms with E-state index >= 15 is 0 Å². The van der Waals surface area contributed by atoms with Crippen LogP contribution >= 0.6 is 0 Å². The minimum absolute atomic E-state index is 0.0943. The van der Waals surface area contributed by atoms with Crippen molar-refractivity contribution in [2.75, 3.05) is 36.5 Å². The van der Waals surface area contributed by atoms with E-state index in [0.717, 1.165) is 25.2 Å². The summed E-state index contributed by atoms with van der Waals surface area (Å²) in [7, 11) is -3.49. The number of hydroxylamine groups is 2. The average Bonchev–Trinajstić information content (AvgIpc) is 2.73. The Morgan fingerprint density at radius 1 is 1.18 bits per heavy atom. The number of hydrogen-bond acceptors (Lipinski definition) is 10. The molecule has 0 aliphatic carbocycles. The molecule has 0 saturated carbocycles. The van der Waals surface area contributed by atoms with Gasteiger partial charge in [0.15, 0.2) is 9.84 Å². The number of carbonyl (C=O) groups is 1. The van der Waals surface area contributed by atoms with Crippen LogP contribution in [0.2, 0.25) is 0 Å². The highest BCUT2D eigenvalue weighted by molar-refractivity contribution is 7.90. The maximum Gasteiger partial charge on any atom is 0.528 e. The SMILES string of the molecule is CC(C)(C)OC(=O)ON1CCC(CNc2cc(Nc3ccc(S(C)(=O)=O)cc3F)ncn2)CC1. The van der Waals surface area contributed by atoms with Gasteiger partial charge >= 0.3 is 6.16 Å². The number of nitrogens with one attached hydrogen (secondary N) is 2. The lowest BCUT2D eigenvalue weighted by Gasteiger charge is -2.31. The van der Waals surface area contributed by atoms with Gasteiger partial charge in [-0.15, -0.1) is 5.06 Å². The number of halogens is 1. The van der Waals surface area contributed by atoms with E-state index in [1.54, 1.807) is 31.9 Å². The van der Waals surface area contributed by atoms with Crippen molar-refractivity contribution in [2.45, 2.75) is 44.1 Å². The topological polar surface area (TPSA) is 123 Å². The van der Waals surface area contributed by atoms with Crippen molar-refractivity contribution in [3.63, 3.8) is 0 Å². The van der Waals surface area contributed by atoms with E-state index in [-0.39, 0.29) is 10.6 Å². The molecule has 186 valence electrons. The fourth-order valence-electron chi connectivity index (χ4n) is 3.32. The summed E-state index contributed by atoms with van der Waals surface area (Å²) in [5.74, 6) is 0.587. The van der Waals surface area contributed by atoms with E-state index in [4.69, 9.17) is 9.57 Å². The Kier molecular flexibility index (Phi) is 7.93. The van der Waals surface area contributed by atoms with Crippen LogP contribution in [0.5, 0.6) is 0 Å². The summed E-state index contributed by atoms with van der Waals surface area (Å²) >= 11 is 0. The van der Waals surface area contributed by atoms with Crippen LogP contribution in [-0.4, -0.2) is 61.1 Å². The van der Waals surface area contributed by atoms with Gasteiger partial charge in [-0.3, -0.25) is 0 Å². The molecule has 0 radical (unpaired) electrons. The number of aromatic nitrogens is 2. The van der Waals surface area contributed by atoms with Crippen LogP contribution in [-0.2, 0) is 19.4 Å². The molecule has 1 saturated heterocycles. The van der Waals surface area contributed by atoms with Crippen molar-refractivity contribution in [3.05, 3.63) is 36.4 Å². The second kappa shape index (κ2) is 10.5. The van der Waals surface area contributed by atoms with E-state index in [2.05, 4.69) is 20.6 Å². The second-order valence-electron chi connectivity index (χ2n) is 9.14. The number of benzene rings is 1. The van der Waals surface area contributed by atoms with Crippen molar-refractivity contribution in [2.24, 2.45) is 5.92 Å². The lowest BCUT2D eigenvalue weighted by molar-refractivity contribution is -0.154. The first-order chi connectivity index (χ1) is 15.9. The van der Waals surface area contributed by atoms with Crippen LogP contribution in [0, 0.1) is 11.7 Å². The number of ether oxygens (including phenoxy) is 1. The monoisotopic (exact) mass is 495 g/mol. The van der Waals surface area contributed by atoms with Gasteiger partial charge in [-0.25, -0.2) is 27.6 Å². The molecule has 2 aromatic rings. The van der Waals surface area contributed by atoms with E-state index in [1.807, 2.05) is 0 Å². The molecule has 0 amide bonds. The molecular formula is C22H30FN5O5S. The highest BCUT2D eigenvalue weighted by atomic mass is 32.2. The van der Waals surface area contributed by atoms with Gasteiger partial charge in [0.25, 0.3) is 0 Å². The highest BCUT2D eigenvalue weighted by Gasteiger charge is 2.25. The van der Waals surface area contributed by atoms with E-state index < -0.39 is 27.4 Å². The van der Waals surface area contributed by atoms with Gasteiger partial charge in [-0.1, -0.05) is 0 Å². The summed E-state index contributed by atoms with van der Waals surface area (Å²) in [6.07, 6.45) is 3.32. The molecule has 0 spiro atoms. The summed E-state index contributed by atoms with van der Waals surface area (Å²) in [4.78, 5) is 25.2. The number of rotatable bonds is 7. The molecule has 0 unspecified atom stereocenters. The Labute approximate surface area is 198 Å². The Morgan fingerprint density at radius 3 is 2.47 bits per heavy atom. The molecule has 0 atom stereocenters. The van der Waals surface area contributed by atoms with E-state index in [1.165, 1.54) is 18.5 Å². The summed E-state index contributed by atoms with van der Waals surface area (Å²) in [5, 5.41) is 7.71. The maximum absolute atomic E-state index is 14.3. The molecule has 2 N–H and O–H groups in total. The van der Waals surface area contributed by atoms with Crippen LogP contribution in [0.15, 0.2) is 35.5 Å². The number of hydrogen-bond donors (Lipinski definition) is 2. The lowest BCUT2D eigenvalue weighted by Crippen LogP contribution is -2.38. The fraction of sp³-hybridized carbons (Fsp3) is 0.500. The van der Waals surface area contributed by atoms with Crippen molar-refractivity contribution < 1.29 is 27.2 Å². The molecule has 34 heavy (non-hydrogen) atoms. The number of piperidine rings is 1. The summed E-state index contributed by atoms with van der Waals surface area (Å²) in [5.41, 5.74) is -0.495. The molecule has 2 heterocycles. The van der Waals surface area contributed by atoms with Crippen molar-refractivity contribution in [1.82, 2.24) is 15.0 Å². The van der Waals surface area contributed by atoms with Gasteiger partial charge in [0, 0.05) is 32.0 Å². The summed E-state index contributed by atoms with van der Waals surface area (Å²) < 4.78 is 42.6. The average molecular weight is 496 g/mol. The molecule has 1 aliphatic rings. The second-order valence-corrected chi connectivity index (χ2v) is 11.2. The first kappa shape index (κ1) is 25.6. The zero-order valence-electron chi connectivity index (χ0n) is 19.7. The first-order valence-corrected chi connectivity index (χ1v) is 12.8. The van der Waals surface area contributed by atoms with Crippen LogP contribution in [0.3, 0.4) is 0 Å². The molecule has 12 heteroatoms. The summed E-state index contributed by atoms with van der Waals surface area (Å²) in [6, 6.07) is 5.30. The standard InChI is InChI=1S/C22H30FN5O5S/c1-22(2,3)32-21(29)33-28-9-7-15(8-10-28)13-24-19-12-20(26-14-25-19)27-18-6-5-16(11-17(18)23)34(4,30)31/h5-6,11-12,14-15H,7-10,13H2,1-4H3,(H2,24,25,26,27). The Bertz CT molecular complexity index is 1110. The Morgan fingerprint density at radius 2 is 1.85 bits per heavy atom. The third-order valence-corrected chi connectivity index (χ3v) is 6.15. The quantitative estimate of drug-likeness (QED) is 0.549. The number of sulfone groups is 1.